The molecule has 2 rings (SSSR count). The van der Waals surface area contributed by atoms with Gasteiger partial charge in [0.1, 0.15) is 0 Å². The summed E-state index contributed by atoms with van der Waals surface area (Å²) >= 11 is 0. The largest absolute Gasteiger partial charge is 0.393 e. The van der Waals surface area contributed by atoms with Gasteiger partial charge in [0.25, 0.3) is 0 Å². The van der Waals surface area contributed by atoms with E-state index in [1.165, 1.54) is 0 Å². The van der Waals surface area contributed by atoms with E-state index < -0.39 is 5.41 Å². The molecule has 1 amide bonds. The van der Waals surface area contributed by atoms with Crippen LogP contribution in [0.3, 0.4) is 0 Å². The number of rotatable bonds is 1. The normalized spacial score (nSPS) is 49.6. The summed E-state index contributed by atoms with van der Waals surface area (Å²) in [6.07, 6.45) is 1.91. The number of hydrogen-bond donors (Lipinski definition) is 2. The van der Waals surface area contributed by atoms with Gasteiger partial charge in [0.15, 0.2) is 0 Å². The molecule has 0 aromatic rings. The topological polar surface area (TPSA) is 63.3 Å². The molecule has 3 heteroatoms. The zero-order chi connectivity index (χ0) is 10.8. The van der Waals surface area contributed by atoms with E-state index in [1.54, 1.807) is 0 Å². The summed E-state index contributed by atoms with van der Waals surface area (Å²) in [6.45, 7) is 6.22. The van der Waals surface area contributed by atoms with Crippen molar-refractivity contribution in [3.8, 4) is 0 Å². The van der Waals surface area contributed by atoms with E-state index in [0.29, 0.717) is 6.42 Å². The number of amides is 1. The molecule has 1 unspecified atom stereocenters. The lowest BCUT2D eigenvalue weighted by Gasteiger charge is -2.39. The Balaban J connectivity index is 2.54. The quantitative estimate of drug-likeness (QED) is 0.660. The lowest BCUT2D eigenvalue weighted by atomic mass is 9.64. The van der Waals surface area contributed by atoms with Crippen LogP contribution in [0.4, 0.5) is 0 Å². The Hall–Kier alpha value is -0.570. The molecule has 80 valence electrons. The van der Waals surface area contributed by atoms with Crippen molar-refractivity contribution in [3.05, 3.63) is 0 Å². The highest BCUT2D eigenvalue weighted by atomic mass is 16.3. The van der Waals surface area contributed by atoms with Gasteiger partial charge in [-0.15, -0.1) is 0 Å². The van der Waals surface area contributed by atoms with Crippen molar-refractivity contribution in [2.45, 2.75) is 46.1 Å². The van der Waals surface area contributed by atoms with Crippen LogP contribution in [0.1, 0.15) is 40.0 Å². The predicted molar refractivity (Wildman–Crippen MR) is 53.4 cm³/mol. The third kappa shape index (κ3) is 0.724. The van der Waals surface area contributed by atoms with Crippen LogP contribution in [-0.2, 0) is 4.79 Å². The van der Waals surface area contributed by atoms with Crippen LogP contribution < -0.4 is 5.73 Å². The number of aliphatic hydroxyl groups is 1. The van der Waals surface area contributed by atoms with Crippen molar-refractivity contribution in [1.82, 2.24) is 0 Å². The molecule has 2 aliphatic rings. The average Bonchev–Trinajstić information content (AvgIpc) is 2.34. The first-order valence-corrected chi connectivity index (χ1v) is 5.26. The molecule has 3 nitrogen and oxygen atoms in total. The Bertz CT molecular complexity index is 300. The van der Waals surface area contributed by atoms with E-state index in [9.17, 15) is 9.90 Å². The van der Waals surface area contributed by atoms with Crippen LogP contribution in [0.25, 0.3) is 0 Å². The zero-order valence-electron chi connectivity index (χ0n) is 9.13. The summed E-state index contributed by atoms with van der Waals surface area (Å²) in [6, 6.07) is 0. The van der Waals surface area contributed by atoms with Crippen LogP contribution in [0, 0.1) is 16.2 Å². The Morgan fingerprint density at radius 2 is 1.93 bits per heavy atom. The Kier molecular flexibility index (Phi) is 1.65. The van der Waals surface area contributed by atoms with Crippen molar-refractivity contribution in [3.63, 3.8) is 0 Å². The molecule has 0 aromatic carbocycles. The van der Waals surface area contributed by atoms with Gasteiger partial charge in [-0.2, -0.15) is 0 Å². The molecule has 0 aliphatic heterocycles. The van der Waals surface area contributed by atoms with Crippen molar-refractivity contribution < 1.29 is 9.90 Å². The number of fused-ring (bicyclic) bond motifs is 2. The Morgan fingerprint density at radius 1 is 1.36 bits per heavy atom. The molecular weight excluding hydrogens is 178 g/mol. The third-order valence-corrected chi connectivity index (χ3v) is 5.44. The maximum absolute atomic E-state index is 11.6. The van der Waals surface area contributed by atoms with E-state index >= 15 is 0 Å². The molecule has 14 heavy (non-hydrogen) atoms. The third-order valence-electron chi connectivity index (χ3n) is 5.44. The van der Waals surface area contributed by atoms with Crippen LogP contribution in [0.5, 0.6) is 0 Å². The Labute approximate surface area is 84.7 Å². The maximum Gasteiger partial charge on any atom is 0.224 e. The maximum atomic E-state index is 11.6. The van der Waals surface area contributed by atoms with E-state index in [4.69, 9.17) is 5.73 Å². The van der Waals surface area contributed by atoms with Gasteiger partial charge in [-0.1, -0.05) is 20.8 Å². The van der Waals surface area contributed by atoms with E-state index in [2.05, 4.69) is 20.8 Å². The smallest absolute Gasteiger partial charge is 0.224 e. The van der Waals surface area contributed by atoms with Gasteiger partial charge in [-0.3, -0.25) is 4.79 Å². The summed E-state index contributed by atoms with van der Waals surface area (Å²) in [5.41, 5.74) is 4.73. The molecule has 3 N–H and O–H groups in total. The molecule has 0 aromatic heterocycles. The minimum absolute atomic E-state index is 0.137. The molecule has 2 aliphatic carbocycles. The molecule has 0 spiro atoms. The van der Waals surface area contributed by atoms with Crippen LogP contribution in [0.15, 0.2) is 0 Å². The fraction of sp³-hybridized carbons (Fsp3) is 0.909. The van der Waals surface area contributed by atoms with E-state index in [-0.39, 0.29) is 22.8 Å². The Morgan fingerprint density at radius 3 is 2.14 bits per heavy atom. The highest BCUT2D eigenvalue weighted by Gasteiger charge is 2.71. The second-order valence-electron chi connectivity index (χ2n) is 5.71. The first-order valence-electron chi connectivity index (χ1n) is 5.26. The summed E-state index contributed by atoms with van der Waals surface area (Å²) < 4.78 is 0. The lowest BCUT2D eigenvalue weighted by Crippen LogP contribution is -2.44. The fourth-order valence-corrected chi connectivity index (χ4v) is 3.67. The fourth-order valence-electron chi connectivity index (χ4n) is 3.67. The van der Waals surface area contributed by atoms with Gasteiger partial charge in [0.2, 0.25) is 5.91 Å². The molecular formula is C11H19NO2. The van der Waals surface area contributed by atoms with E-state index in [1.807, 2.05) is 0 Å². The summed E-state index contributed by atoms with van der Waals surface area (Å²) in [7, 11) is 0. The molecule has 2 bridgehead atoms. The number of carbonyl (C=O) groups excluding carboxylic acids is 1. The van der Waals surface area contributed by atoms with Crippen molar-refractivity contribution in [2.75, 3.05) is 0 Å². The number of aliphatic hydroxyl groups excluding tert-OH is 1. The summed E-state index contributed by atoms with van der Waals surface area (Å²) in [5.74, 6) is -0.234. The molecule has 0 radical (unpaired) electrons. The van der Waals surface area contributed by atoms with Crippen molar-refractivity contribution in [1.29, 1.82) is 0 Å². The molecule has 2 saturated carbocycles. The van der Waals surface area contributed by atoms with Gasteiger partial charge in [-0.05, 0) is 30.1 Å². The summed E-state index contributed by atoms with van der Waals surface area (Å²) in [4.78, 5) is 11.6. The first-order chi connectivity index (χ1) is 6.28. The zero-order valence-corrected chi connectivity index (χ0v) is 9.13. The minimum atomic E-state index is -0.471. The van der Waals surface area contributed by atoms with Crippen molar-refractivity contribution in [2.24, 2.45) is 22.0 Å². The first kappa shape index (κ1) is 9.97. The number of hydrogen-bond acceptors (Lipinski definition) is 2. The van der Waals surface area contributed by atoms with Crippen LogP contribution >= 0.6 is 0 Å². The highest BCUT2D eigenvalue weighted by Crippen LogP contribution is 2.71. The monoisotopic (exact) mass is 197 g/mol. The van der Waals surface area contributed by atoms with Crippen molar-refractivity contribution >= 4 is 5.91 Å². The van der Waals surface area contributed by atoms with Gasteiger partial charge in [0, 0.05) is 0 Å². The van der Waals surface area contributed by atoms with E-state index in [0.717, 1.165) is 12.8 Å². The second-order valence-corrected chi connectivity index (χ2v) is 5.71. The average molecular weight is 197 g/mol. The SMILES string of the molecule is CC1(C)[C@@]2(C(N)=O)CC[C@]1(C)C(O)C2. The standard InChI is InChI=1S/C11H19NO2/c1-9(2)10(3)4-5-11(9,8(12)14)6-7(10)13/h7,13H,4-6H2,1-3H3,(H2,12,14)/t7?,10-,11+/m1/s1. The highest BCUT2D eigenvalue weighted by molar-refractivity contribution is 5.83. The van der Waals surface area contributed by atoms with Gasteiger partial charge < -0.3 is 10.8 Å². The van der Waals surface area contributed by atoms with Gasteiger partial charge in [0.05, 0.1) is 11.5 Å². The van der Waals surface area contributed by atoms with Gasteiger partial charge >= 0.3 is 0 Å². The number of nitrogens with two attached hydrogens (primary N) is 1. The van der Waals surface area contributed by atoms with Crippen LogP contribution in [0.2, 0.25) is 0 Å². The number of primary amides is 1. The molecule has 0 heterocycles. The summed E-state index contributed by atoms with van der Waals surface area (Å²) in [5, 5.41) is 10.0. The minimum Gasteiger partial charge on any atom is -0.393 e. The molecule has 2 fully saturated rings. The van der Waals surface area contributed by atoms with Crippen LogP contribution in [-0.4, -0.2) is 17.1 Å². The predicted octanol–water partition coefficient (Wildman–Crippen LogP) is 1.05. The van der Waals surface area contributed by atoms with Gasteiger partial charge in [-0.25, -0.2) is 0 Å². The number of carbonyl (C=O) groups is 1. The second kappa shape index (κ2) is 2.32. The molecule has 3 atom stereocenters. The lowest BCUT2D eigenvalue weighted by molar-refractivity contribution is -0.132. The molecule has 0 saturated heterocycles.